The number of benzene rings is 1. The minimum Gasteiger partial charge on any atom is -0.293 e. The number of nitrogens with one attached hydrogen (secondary N) is 2. The highest BCUT2D eigenvalue weighted by Crippen LogP contribution is 2.23. The number of hydrogen-bond donors (Lipinski definition) is 2. The molecule has 0 atom stereocenters. The number of nitrogens with zero attached hydrogens (tertiary/aromatic N) is 3. The summed E-state index contributed by atoms with van der Waals surface area (Å²) in [5.74, 6) is -0.0159. The van der Waals surface area contributed by atoms with Gasteiger partial charge in [-0.25, -0.2) is 12.9 Å². The fraction of sp³-hybridized carbons (Fsp3) is 0.133. The number of sulfonamides is 1. The van der Waals surface area contributed by atoms with Crippen LogP contribution in [0.3, 0.4) is 0 Å². The first-order chi connectivity index (χ1) is 11.3. The van der Waals surface area contributed by atoms with Gasteiger partial charge in [-0.2, -0.15) is 4.98 Å². The van der Waals surface area contributed by atoms with Gasteiger partial charge in [0, 0.05) is 24.4 Å². The lowest BCUT2D eigenvalue weighted by Crippen LogP contribution is -2.09. The van der Waals surface area contributed by atoms with E-state index in [4.69, 9.17) is 0 Å². The molecule has 0 saturated heterocycles. The second-order valence-electron chi connectivity index (χ2n) is 5.29. The highest BCUT2D eigenvalue weighted by atomic mass is 32.2. The Kier molecular flexibility index (Phi) is 3.94. The van der Waals surface area contributed by atoms with E-state index in [1.165, 1.54) is 6.92 Å². The van der Waals surface area contributed by atoms with Crippen LogP contribution in [0.15, 0.2) is 42.6 Å². The Labute approximate surface area is 138 Å². The minimum atomic E-state index is -3.34. The van der Waals surface area contributed by atoms with Crippen molar-refractivity contribution in [2.24, 2.45) is 0 Å². The molecule has 1 aromatic carbocycles. The summed E-state index contributed by atoms with van der Waals surface area (Å²) in [4.78, 5) is 15.3. The first kappa shape index (κ1) is 15.9. The summed E-state index contributed by atoms with van der Waals surface area (Å²) in [6, 6.07) is 10.6. The van der Waals surface area contributed by atoms with Crippen LogP contribution in [-0.2, 0) is 14.8 Å². The molecule has 124 valence electrons. The Hall–Kier alpha value is -2.94. The van der Waals surface area contributed by atoms with Crippen molar-refractivity contribution in [1.82, 2.24) is 14.6 Å². The van der Waals surface area contributed by atoms with Crippen molar-refractivity contribution in [1.29, 1.82) is 0 Å². The van der Waals surface area contributed by atoms with E-state index in [0.29, 0.717) is 11.3 Å². The molecule has 1 amide bonds. The zero-order valence-electron chi connectivity index (χ0n) is 13.0. The van der Waals surface area contributed by atoms with Crippen LogP contribution in [0.2, 0.25) is 0 Å². The molecule has 0 aliphatic rings. The molecule has 0 bridgehead atoms. The molecule has 3 rings (SSSR count). The number of carbonyl (C=O) groups is 1. The largest absolute Gasteiger partial charge is 0.293 e. The molecule has 2 aromatic heterocycles. The molecule has 8 nitrogen and oxygen atoms in total. The number of anilines is 2. The standard InChI is InChI=1S/C15H15N5O3S/c1-10(21)16-15-17-14-7-6-12(9-20(14)18-15)11-4-3-5-13(8-11)19-24(2,22)23/h3-9,19H,1-2H3,(H,16,18,21). The summed E-state index contributed by atoms with van der Waals surface area (Å²) >= 11 is 0. The molecule has 0 fully saturated rings. The third kappa shape index (κ3) is 3.69. The predicted molar refractivity (Wildman–Crippen MR) is 91.2 cm³/mol. The van der Waals surface area contributed by atoms with Gasteiger partial charge in [-0.15, -0.1) is 5.10 Å². The van der Waals surface area contributed by atoms with Crippen molar-refractivity contribution in [2.75, 3.05) is 16.3 Å². The Morgan fingerprint density at radius 3 is 2.67 bits per heavy atom. The van der Waals surface area contributed by atoms with Gasteiger partial charge >= 0.3 is 0 Å². The number of carbonyl (C=O) groups excluding carboxylic acids is 1. The number of amides is 1. The average molecular weight is 345 g/mol. The third-order valence-electron chi connectivity index (χ3n) is 3.12. The maximum atomic E-state index is 11.3. The van der Waals surface area contributed by atoms with Gasteiger partial charge in [-0.1, -0.05) is 12.1 Å². The Balaban J connectivity index is 1.97. The van der Waals surface area contributed by atoms with Crippen LogP contribution in [0.4, 0.5) is 11.6 Å². The molecule has 0 aliphatic carbocycles. The first-order valence-corrected chi connectivity index (χ1v) is 8.91. The lowest BCUT2D eigenvalue weighted by Gasteiger charge is -2.07. The van der Waals surface area contributed by atoms with E-state index in [9.17, 15) is 13.2 Å². The normalized spacial score (nSPS) is 11.4. The van der Waals surface area contributed by atoms with Crippen LogP contribution < -0.4 is 10.0 Å². The lowest BCUT2D eigenvalue weighted by atomic mass is 10.1. The summed E-state index contributed by atoms with van der Waals surface area (Å²) in [6.07, 6.45) is 2.86. The molecular weight excluding hydrogens is 330 g/mol. The number of hydrogen-bond acceptors (Lipinski definition) is 5. The summed E-state index contributed by atoms with van der Waals surface area (Å²) in [5.41, 5.74) is 2.72. The predicted octanol–water partition coefficient (Wildman–Crippen LogP) is 1.73. The molecule has 9 heteroatoms. The van der Waals surface area contributed by atoms with E-state index < -0.39 is 10.0 Å². The van der Waals surface area contributed by atoms with Crippen molar-refractivity contribution in [3.8, 4) is 11.1 Å². The maximum absolute atomic E-state index is 11.3. The monoisotopic (exact) mass is 345 g/mol. The van der Waals surface area contributed by atoms with Crippen LogP contribution >= 0.6 is 0 Å². The van der Waals surface area contributed by atoms with Gasteiger partial charge in [0.15, 0.2) is 5.65 Å². The fourth-order valence-corrected chi connectivity index (χ4v) is 2.80. The molecule has 2 N–H and O–H groups in total. The van der Waals surface area contributed by atoms with Crippen molar-refractivity contribution in [3.05, 3.63) is 42.6 Å². The number of pyridine rings is 1. The quantitative estimate of drug-likeness (QED) is 0.749. The average Bonchev–Trinajstić information content (AvgIpc) is 2.85. The first-order valence-electron chi connectivity index (χ1n) is 7.02. The van der Waals surface area contributed by atoms with Gasteiger partial charge in [0.05, 0.1) is 6.26 Å². The van der Waals surface area contributed by atoms with Gasteiger partial charge in [-0.3, -0.25) is 14.8 Å². The molecule has 0 unspecified atom stereocenters. The molecular formula is C15H15N5O3S. The second kappa shape index (κ2) is 5.93. The lowest BCUT2D eigenvalue weighted by molar-refractivity contribution is -0.114. The van der Waals surface area contributed by atoms with Gasteiger partial charge in [0.1, 0.15) is 0 Å². The molecule has 0 radical (unpaired) electrons. The van der Waals surface area contributed by atoms with Crippen LogP contribution in [0.1, 0.15) is 6.92 Å². The number of aromatic nitrogens is 3. The Morgan fingerprint density at radius 1 is 1.17 bits per heavy atom. The van der Waals surface area contributed by atoms with E-state index in [1.54, 1.807) is 35.0 Å². The third-order valence-corrected chi connectivity index (χ3v) is 3.72. The van der Waals surface area contributed by atoms with Crippen molar-refractivity contribution in [2.45, 2.75) is 6.92 Å². The second-order valence-corrected chi connectivity index (χ2v) is 7.04. The summed E-state index contributed by atoms with van der Waals surface area (Å²) in [5, 5.41) is 6.71. The summed E-state index contributed by atoms with van der Waals surface area (Å²) in [6.45, 7) is 1.39. The van der Waals surface area contributed by atoms with Crippen molar-refractivity contribution >= 4 is 33.2 Å². The molecule has 0 saturated carbocycles. The molecule has 0 spiro atoms. The van der Waals surface area contributed by atoms with Crippen molar-refractivity contribution in [3.63, 3.8) is 0 Å². The van der Waals surface area contributed by atoms with E-state index in [1.807, 2.05) is 12.1 Å². The van der Waals surface area contributed by atoms with E-state index in [0.717, 1.165) is 17.4 Å². The van der Waals surface area contributed by atoms with E-state index in [-0.39, 0.29) is 11.9 Å². The van der Waals surface area contributed by atoms with Crippen LogP contribution in [-0.4, -0.2) is 35.2 Å². The van der Waals surface area contributed by atoms with Gasteiger partial charge in [0.2, 0.25) is 21.9 Å². The SMILES string of the molecule is CC(=O)Nc1nc2ccc(-c3cccc(NS(C)(=O)=O)c3)cn2n1. The van der Waals surface area contributed by atoms with Crippen LogP contribution in [0.5, 0.6) is 0 Å². The zero-order valence-corrected chi connectivity index (χ0v) is 13.8. The van der Waals surface area contributed by atoms with Crippen LogP contribution in [0, 0.1) is 0 Å². The Bertz CT molecular complexity index is 1030. The van der Waals surface area contributed by atoms with Gasteiger partial charge < -0.3 is 0 Å². The van der Waals surface area contributed by atoms with E-state index in [2.05, 4.69) is 20.1 Å². The summed E-state index contributed by atoms with van der Waals surface area (Å²) < 4.78 is 26.7. The molecule has 2 heterocycles. The zero-order chi connectivity index (χ0) is 17.3. The van der Waals surface area contributed by atoms with Crippen molar-refractivity contribution < 1.29 is 13.2 Å². The summed E-state index contributed by atoms with van der Waals surface area (Å²) in [7, 11) is -3.34. The molecule has 3 aromatic rings. The fourth-order valence-electron chi connectivity index (χ4n) is 2.24. The highest BCUT2D eigenvalue weighted by molar-refractivity contribution is 7.92. The minimum absolute atomic E-state index is 0.229. The topological polar surface area (TPSA) is 105 Å². The molecule has 24 heavy (non-hydrogen) atoms. The number of rotatable bonds is 4. The highest BCUT2D eigenvalue weighted by Gasteiger charge is 2.08. The van der Waals surface area contributed by atoms with Gasteiger partial charge in [-0.05, 0) is 29.8 Å². The van der Waals surface area contributed by atoms with Gasteiger partial charge in [0.25, 0.3) is 0 Å². The van der Waals surface area contributed by atoms with E-state index >= 15 is 0 Å². The number of fused-ring (bicyclic) bond motifs is 1. The smallest absolute Gasteiger partial charge is 0.249 e. The Morgan fingerprint density at radius 2 is 1.96 bits per heavy atom. The van der Waals surface area contributed by atoms with Crippen LogP contribution in [0.25, 0.3) is 16.8 Å². The molecule has 0 aliphatic heterocycles. The maximum Gasteiger partial charge on any atom is 0.249 e.